The second kappa shape index (κ2) is 3.57. The second-order valence-corrected chi connectivity index (χ2v) is 3.37. The molecule has 11 heavy (non-hydrogen) atoms. The van der Waals surface area contributed by atoms with Gasteiger partial charge in [-0.25, -0.2) is 0 Å². The zero-order chi connectivity index (χ0) is 8.16. The van der Waals surface area contributed by atoms with Crippen LogP contribution in [-0.4, -0.2) is 0 Å². The number of rotatable bonds is 2. The minimum atomic E-state index is 0.00646. The largest absolute Gasteiger partial charge is 0.198 e. The number of allylic oxidation sites excluding steroid dienone is 2. The number of nitriles is 1. The Balaban J connectivity index is 2.54. The summed E-state index contributed by atoms with van der Waals surface area (Å²) in [5, 5.41) is 8.96. The van der Waals surface area contributed by atoms with Crippen LogP contribution in [0.15, 0.2) is 12.2 Å². The Kier molecular flexibility index (Phi) is 2.70. The molecule has 0 aromatic rings. The Hall–Kier alpha value is -0.770. The van der Waals surface area contributed by atoms with Gasteiger partial charge >= 0.3 is 0 Å². The van der Waals surface area contributed by atoms with Crippen molar-refractivity contribution in [2.24, 2.45) is 5.41 Å². The Morgan fingerprint density at radius 2 is 2.09 bits per heavy atom. The van der Waals surface area contributed by atoms with E-state index in [0.717, 1.165) is 19.3 Å². The van der Waals surface area contributed by atoms with E-state index < -0.39 is 0 Å². The molecule has 1 heteroatoms. The summed E-state index contributed by atoms with van der Waals surface area (Å²) in [5.41, 5.74) is 0.00646. The lowest BCUT2D eigenvalue weighted by molar-refractivity contribution is 0.416. The molecule has 0 radical (unpaired) electrons. The van der Waals surface area contributed by atoms with Crippen molar-refractivity contribution in [1.29, 1.82) is 5.26 Å². The van der Waals surface area contributed by atoms with Crippen molar-refractivity contribution in [3.8, 4) is 6.07 Å². The van der Waals surface area contributed by atoms with Crippen LogP contribution in [0.1, 0.15) is 39.0 Å². The summed E-state index contributed by atoms with van der Waals surface area (Å²) in [4.78, 5) is 0. The Bertz CT molecular complexity index is 180. The van der Waals surface area contributed by atoms with Gasteiger partial charge in [-0.3, -0.25) is 0 Å². The van der Waals surface area contributed by atoms with Gasteiger partial charge in [0.15, 0.2) is 0 Å². The van der Waals surface area contributed by atoms with Gasteiger partial charge in [-0.15, -0.1) is 0 Å². The van der Waals surface area contributed by atoms with Crippen LogP contribution in [-0.2, 0) is 0 Å². The van der Waals surface area contributed by atoms with Crippen LogP contribution in [0.3, 0.4) is 0 Å². The van der Waals surface area contributed by atoms with Crippen LogP contribution in [0.25, 0.3) is 0 Å². The molecule has 0 spiro atoms. The molecule has 0 heterocycles. The van der Waals surface area contributed by atoms with Crippen molar-refractivity contribution in [3.05, 3.63) is 12.2 Å². The summed E-state index contributed by atoms with van der Waals surface area (Å²) in [6.07, 6.45) is 9.81. The maximum absolute atomic E-state index is 8.96. The van der Waals surface area contributed by atoms with E-state index in [4.69, 9.17) is 5.26 Å². The van der Waals surface area contributed by atoms with Gasteiger partial charge in [-0.1, -0.05) is 25.0 Å². The number of nitrogens with zero attached hydrogens (tertiary/aromatic N) is 1. The lowest BCUT2D eigenvalue weighted by Gasteiger charge is -2.16. The van der Waals surface area contributed by atoms with Crippen LogP contribution >= 0.6 is 0 Å². The van der Waals surface area contributed by atoms with Crippen molar-refractivity contribution in [2.45, 2.75) is 39.0 Å². The lowest BCUT2D eigenvalue weighted by atomic mass is 9.84. The molecule has 0 saturated heterocycles. The number of hydrogen-bond donors (Lipinski definition) is 0. The molecule has 1 aliphatic rings. The van der Waals surface area contributed by atoms with Gasteiger partial charge in [-0.2, -0.15) is 5.26 Å². The third-order valence-electron chi connectivity index (χ3n) is 2.54. The minimum Gasteiger partial charge on any atom is -0.198 e. The third-order valence-corrected chi connectivity index (χ3v) is 2.54. The van der Waals surface area contributed by atoms with E-state index in [1.807, 2.05) is 13.0 Å². The zero-order valence-corrected chi connectivity index (χ0v) is 7.14. The molecule has 0 bridgehead atoms. The summed E-state index contributed by atoms with van der Waals surface area (Å²) in [7, 11) is 0. The first-order chi connectivity index (χ1) is 5.33. The summed E-state index contributed by atoms with van der Waals surface area (Å²) >= 11 is 0. The van der Waals surface area contributed by atoms with Crippen LogP contribution in [0.2, 0.25) is 0 Å². The standard InChI is InChI=1S/C10H15N/c1-2-3-6-10(9-11)7-4-5-8-10/h2-3H,4-8H2,1H3. The first-order valence-corrected chi connectivity index (χ1v) is 4.35. The second-order valence-electron chi connectivity index (χ2n) is 3.37. The van der Waals surface area contributed by atoms with E-state index in [1.54, 1.807) is 0 Å². The molecular weight excluding hydrogens is 134 g/mol. The molecule has 0 amide bonds. The molecule has 1 fully saturated rings. The molecule has 0 N–H and O–H groups in total. The topological polar surface area (TPSA) is 23.8 Å². The van der Waals surface area contributed by atoms with E-state index >= 15 is 0 Å². The first kappa shape index (κ1) is 8.33. The quantitative estimate of drug-likeness (QED) is 0.553. The van der Waals surface area contributed by atoms with Crippen LogP contribution in [0, 0.1) is 16.7 Å². The molecule has 1 aliphatic carbocycles. The van der Waals surface area contributed by atoms with Crippen molar-refractivity contribution >= 4 is 0 Å². The van der Waals surface area contributed by atoms with Crippen molar-refractivity contribution in [3.63, 3.8) is 0 Å². The molecule has 1 nitrogen and oxygen atoms in total. The average Bonchev–Trinajstić information content (AvgIpc) is 2.50. The number of hydrogen-bond acceptors (Lipinski definition) is 1. The monoisotopic (exact) mass is 149 g/mol. The fourth-order valence-electron chi connectivity index (χ4n) is 1.76. The van der Waals surface area contributed by atoms with E-state index in [0.29, 0.717) is 0 Å². The van der Waals surface area contributed by atoms with Crippen molar-refractivity contribution < 1.29 is 0 Å². The highest BCUT2D eigenvalue weighted by Crippen LogP contribution is 2.40. The van der Waals surface area contributed by atoms with E-state index in [1.165, 1.54) is 12.8 Å². The molecule has 0 aromatic heterocycles. The van der Waals surface area contributed by atoms with Gasteiger partial charge in [0.25, 0.3) is 0 Å². The van der Waals surface area contributed by atoms with Gasteiger partial charge in [-0.05, 0) is 26.2 Å². The van der Waals surface area contributed by atoms with Gasteiger partial charge in [0, 0.05) is 0 Å². The predicted molar refractivity (Wildman–Crippen MR) is 45.9 cm³/mol. The Morgan fingerprint density at radius 3 is 2.55 bits per heavy atom. The lowest BCUT2D eigenvalue weighted by Crippen LogP contribution is -2.11. The predicted octanol–water partition coefficient (Wildman–Crippen LogP) is 3.04. The van der Waals surface area contributed by atoms with Crippen molar-refractivity contribution in [1.82, 2.24) is 0 Å². The highest BCUT2D eigenvalue weighted by molar-refractivity contribution is 5.05. The average molecular weight is 149 g/mol. The van der Waals surface area contributed by atoms with Gasteiger partial charge < -0.3 is 0 Å². The van der Waals surface area contributed by atoms with E-state index in [9.17, 15) is 0 Å². The molecular formula is C10H15N. The molecule has 60 valence electrons. The van der Waals surface area contributed by atoms with Crippen LogP contribution < -0.4 is 0 Å². The first-order valence-electron chi connectivity index (χ1n) is 4.35. The van der Waals surface area contributed by atoms with Crippen LogP contribution in [0.5, 0.6) is 0 Å². The fraction of sp³-hybridized carbons (Fsp3) is 0.700. The van der Waals surface area contributed by atoms with E-state index in [-0.39, 0.29) is 5.41 Å². The summed E-state index contributed by atoms with van der Waals surface area (Å²) < 4.78 is 0. The SMILES string of the molecule is CC=CCC1(C#N)CCCC1. The normalized spacial score (nSPS) is 22.2. The zero-order valence-electron chi connectivity index (χ0n) is 7.14. The summed E-state index contributed by atoms with van der Waals surface area (Å²) in [5.74, 6) is 0. The molecule has 0 unspecified atom stereocenters. The molecule has 0 aromatic carbocycles. The van der Waals surface area contributed by atoms with Gasteiger partial charge in [0.05, 0.1) is 11.5 Å². The van der Waals surface area contributed by atoms with Gasteiger partial charge in [0.2, 0.25) is 0 Å². The summed E-state index contributed by atoms with van der Waals surface area (Å²) in [6, 6.07) is 2.46. The Morgan fingerprint density at radius 1 is 1.45 bits per heavy atom. The fourth-order valence-corrected chi connectivity index (χ4v) is 1.76. The highest BCUT2D eigenvalue weighted by Gasteiger charge is 2.32. The molecule has 0 atom stereocenters. The molecule has 1 saturated carbocycles. The molecule has 1 rings (SSSR count). The smallest absolute Gasteiger partial charge is 0.0693 e. The van der Waals surface area contributed by atoms with E-state index in [2.05, 4.69) is 12.1 Å². The maximum atomic E-state index is 8.96. The van der Waals surface area contributed by atoms with Crippen LogP contribution in [0.4, 0.5) is 0 Å². The maximum Gasteiger partial charge on any atom is 0.0693 e. The highest BCUT2D eigenvalue weighted by atomic mass is 14.4. The van der Waals surface area contributed by atoms with Gasteiger partial charge in [0.1, 0.15) is 0 Å². The summed E-state index contributed by atoms with van der Waals surface area (Å²) in [6.45, 7) is 2.01. The third kappa shape index (κ3) is 1.83. The minimum absolute atomic E-state index is 0.00646. The molecule has 0 aliphatic heterocycles. The Labute approximate surface area is 68.7 Å². The van der Waals surface area contributed by atoms with Crippen molar-refractivity contribution in [2.75, 3.05) is 0 Å².